The highest BCUT2D eigenvalue weighted by Crippen LogP contribution is 2.23. The summed E-state index contributed by atoms with van der Waals surface area (Å²) < 4.78 is 6.30. The largest absolute Gasteiger partial charge is 0.462 e. The van der Waals surface area contributed by atoms with Crippen LogP contribution < -0.4 is 5.32 Å². The van der Waals surface area contributed by atoms with Gasteiger partial charge in [-0.25, -0.2) is 4.79 Å². The summed E-state index contributed by atoms with van der Waals surface area (Å²) >= 11 is 5.16. The molecule has 1 N–H and O–H groups in total. The van der Waals surface area contributed by atoms with E-state index < -0.39 is 0 Å². The molecule has 0 amide bonds. The number of anilines is 1. The number of rotatable bonds is 6. The summed E-state index contributed by atoms with van der Waals surface area (Å²) in [7, 11) is 0. The van der Waals surface area contributed by atoms with Crippen LogP contribution in [0.5, 0.6) is 0 Å². The first kappa shape index (κ1) is 16.0. The van der Waals surface area contributed by atoms with Crippen LogP contribution in [0.3, 0.4) is 0 Å². The molecular weight excluding hydrogens is 350 g/mol. The molecule has 0 bridgehead atoms. The van der Waals surface area contributed by atoms with Gasteiger partial charge in [-0.05, 0) is 65.2 Å². The van der Waals surface area contributed by atoms with Gasteiger partial charge in [0, 0.05) is 17.1 Å². The number of carbonyl (C=O) groups excluding carboxylic acids is 1. The van der Waals surface area contributed by atoms with Gasteiger partial charge in [-0.2, -0.15) is 0 Å². The van der Waals surface area contributed by atoms with Crippen LogP contribution in [-0.4, -0.2) is 12.6 Å². The molecule has 0 fully saturated rings. The molecule has 5 heteroatoms. The van der Waals surface area contributed by atoms with E-state index in [-0.39, 0.29) is 5.97 Å². The Kier molecular flexibility index (Phi) is 5.82. The zero-order valence-corrected chi connectivity index (χ0v) is 14.5. The minimum atomic E-state index is -0.247. The van der Waals surface area contributed by atoms with Gasteiger partial charge in [0.1, 0.15) is 0 Å². The van der Waals surface area contributed by atoms with Crippen LogP contribution in [-0.2, 0) is 11.3 Å². The smallest absolute Gasteiger partial charge is 0.338 e. The maximum atomic E-state index is 11.9. The van der Waals surface area contributed by atoms with Crippen molar-refractivity contribution in [3.05, 3.63) is 50.1 Å². The van der Waals surface area contributed by atoms with Gasteiger partial charge < -0.3 is 10.1 Å². The van der Waals surface area contributed by atoms with Crippen molar-refractivity contribution < 1.29 is 9.53 Å². The summed E-state index contributed by atoms with van der Waals surface area (Å²) in [6, 6.07) is 9.84. The van der Waals surface area contributed by atoms with E-state index >= 15 is 0 Å². The number of benzene rings is 1. The average Bonchev–Trinajstić information content (AvgIpc) is 2.88. The lowest BCUT2D eigenvalue weighted by Gasteiger charge is -2.10. The fourth-order valence-corrected chi connectivity index (χ4v) is 3.33. The van der Waals surface area contributed by atoms with E-state index in [1.165, 1.54) is 4.88 Å². The van der Waals surface area contributed by atoms with Crippen LogP contribution in [0.2, 0.25) is 0 Å². The number of ether oxygens (including phenoxy) is 1. The van der Waals surface area contributed by atoms with Gasteiger partial charge >= 0.3 is 5.97 Å². The first-order valence-corrected chi connectivity index (χ1v) is 8.47. The van der Waals surface area contributed by atoms with Crippen molar-refractivity contribution in [1.82, 2.24) is 0 Å². The highest BCUT2D eigenvalue weighted by atomic mass is 79.9. The fourth-order valence-electron chi connectivity index (χ4n) is 1.91. The summed E-state index contributed by atoms with van der Waals surface area (Å²) in [5.74, 6) is -0.247. The number of nitrogens with one attached hydrogen (secondary N) is 1. The Morgan fingerprint density at radius 1 is 1.33 bits per heavy atom. The maximum Gasteiger partial charge on any atom is 0.338 e. The molecule has 0 aliphatic heterocycles. The lowest BCUT2D eigenvalue weighted by molar-refractivity contribution is 0.0504. The highest BCUT2D eigenvalue weighted by Gasteiger charge is 2.10. The second-order valence-corrected chi connectivity index (χ2v) is 7.27. The molecule has 3 nitrogen and oxygen atoms in total. The van der Waals surface area contributed by atoms with Gasteiger partial charge in [-0.15, -0.1) is 11.3 Å². The molecule has 0 spiro atoms. The standard InChI is InChI=1S/C16H18BrNO2S/c1-3-8-20-16(19)14-6-4-12(9-11(14)2)18-10-13-5-7-15(17)21-13/h4-7,9,18H,3,8,10H2,1-2H3. The number of hydrogen-bond acceptors (Lipinski definition) is 4. The molecule has 0 aliphatic rings. The van der Waals surface area contributed by atoms with Gasteiger partial charge in [0.15, 0.2) is 0 Å². The fraction of sp³-hybridized carbons (Fsp3) is 0.312. The second-order valence-electron chi connectivity index (χ2n) is 4.72. The molecule has 0 atom stereocenters. The first-order chi connectivity index (χ1) is 10.1. The van der Waals surface area contributed by atoms with Crippen molar-refractivity contribution >= 4 is 38.9 Å². The van der Waals surface area contributed by atoms with E-state index in [4.69, 9.17) is 4.74 Å². The Hall–Kier alpha value is -1.33. The molecule has 1 heterocycles. The zero-order valence-electron chi connectivity index (χ0n) is 12.1. The Morgan fingerprint density at radius 2 is 2.14 bits per heavy atom. The van der Waals surface area contributed by atoms with Crippen LogP contribution >= 0.6 is 27.3 Å². The minimum absolute atomic E-state index is 0.247. The molecule has 1 aromatic carbocycles. The quantitative estimate of drug-likeness (QED) is 0.730. The number of aryl methyl sites for hydroxylation is 1. The molecule has 112 valence electrons. The first-order valence-electron chi connectivity index (χ1n) is 6.86. The predicted octanol–water partition coefficient (Wildman–Crippen LogP) is 5.00. The van der Waals surface area contributed by atoms with Crippen molar-refractivity contribution in [2.75, 3.05) is 11.9 Å². The predicted molar refractivity (Wildman–Crippen MR) is 91.1 cm³/mol. The van der Waals surface area contributed by atoms with Gasteiger partial charge in [0.05, 0.1) is 16.0 Å². The molecule has 1 aromatic heterocycles. The topological polar surface area (TPSA) is 38.3 Å². The molecule has 2 rings (SSSR count). The van der Waals surface area contributed by atoms with E-state index in [1.54, 1.807) is 11.3 Å². The summed E-state index contributed by atoms with van der Waals surface area (Å²) in [6.45, 7) is 5.15. The lowest BCUT2D eigenvalue weighted by Crippen LogP contribution is -2.08. The van der Waals surface area contributed by atoms with Gasteiger partial charge in [-0.3, -0.25) is 0 Å². The SMILES string of the molecule is CCCOC(=O)c1ccc(NCc2ccc(Br)s2)cc1C. The van der Waals surface area contributed by atoms with Gasteiger partial charge in [0.2, 0.25) is 0 Å². The number of esters is 1. The molecule has 0 saturated carbocycles. The van der Waals surface area contributed by atoms with Crippen LogP contribution in [0.25, 0.3) is 0 Å². The molecule has 2 aromatic rings. The number of hydrogen-bond donors (Lipinski definition) is 1. The molecule has 21 heavy (non-hydrogen) atoms. The minimum Gasteiger partial charge on any atom is -0.462 e. The second kappa shape index (κ2) is 7.61. The third-order valence-corrected chi connectivity index (χ3v) is 4.60. The van der Waals surface area contributed by atoms with E-state index in [0.29, 0.717) is 12.2 Å². The zero-order chi connectivity index (χ0) is 15.2. The van der Waals surface area contributed by atoms with E-state index in [2.05, 4.69) is 27.3 Å². The summed E-state index contributed by atoms with van der Waals surface area (Å²) in [5, 5.41) is 3.36. The van der Waals surface area contributed by atoms with Gasteiger partial charge in [0.25, 0.3) is 0 Å². The number of thiophene rings is 1. The van der Waals surface area contributed by atoms with E-state index in [9.17, 15) is 4.79 Å². The third kappa shape index (κ3) is 4.58. The highest BCUT2D eigenvalue weighted by molar-refractivity contribution is 9.11. The Balaban J connectivity index is 1.99. The van der Waals surface area contributed by atoms with Crippen LogP contribution in [0.15, 0.2) is 34.1 Å². The van der Waals surface area contributed by atoms with Crippen molar-refractivity contribution in [1.29, 1.82) is 0 Å². The summed E-state index contributed by atoms with van der Waals surface area (Å²) in [5.41, 5.74) is 2.56. The number of halogens is 1. The lowest BCUT2D eigenvalue weighted by atomic mass is 10.1. The molecule has 0 aliphatic carbocycles. The number of carbonyl (C=O) groups is 1. The Labute approximate surface area is 137 Å². The van der Waals surface area contributed by atoms with Crippen LogP contribution in [0.1, 0.15) is 34.1 Å². The van der Waals surface area contributed by atoms with Crippen molar-refractivity contribution in [2.45, 2.75) is 26.8 Å². The third-order valence-electron chi connectivity index (χ3n) is 2.98. The van der Waals surface area contributed by atoms with Crippen molar-refractivity contribution in [3.63, 3.8) is 0 Å². The van der Waals surface area contributed by atoms with E-state index in [0.717, 1.165) is 28.0 Å². The van der Waals surface area contributed by atoms with Gasteiger partial charge in [-0.1, -0.05) is 6.92 Å². The maximum absolute atomic E-state index is 11.9. The molecule has 0 saturated heterocycles. The molecular formula is C16H18BrNO2S. The van der Waals surface area contributed by atoms with Crippen LogP contribution in [0, 0.1) is 6.92 Å². The van der Waals surface area contributed by atoms with Crippen molar-refractivity contribution in [2.24, 2.45) is 0 Å². The summed E-state index contributed by atoms with van der Waals surface area (Å²) in [6.07, 6.45) is 0.834. The molecule has 0 radical (unpaired) electrons. The normalized spacial score (nSPS) is 10.4. The van der Waals surface area contributed by atoms with Crippen molar-refractivity contribution in [3.8, 4) is 0 Å². The average molecular weight is 368 g/mol. The van der Waals surface area contributed by atoms with E-state index in [1.807, 2.05) is 38.1 Å². The summed E-state index contributed by atoms with van der Waals surface area (Å²) in [4.78, 5) is 13.1. The molecule has 0 unspecified atom stereocenters. The Bertz CT molecular complexity index is 624. The Morgan fingerprint density at radius 3 is 2.76 bits per heavy atom. The monoisotopic (exact) mass is 367 g/mol. The van der Waals surface area contributed by atoms with Crippen LogP contribution in [0.4, 0.5) is 5.69 Å².